The van der Waals surface area contributed by atoms with Crippen LogP contribution in [0.4, 0.5) is 13.2 Å². The quantitative estimate of drug-likeness (QED) is 0.859. The molecule has 0 radical (unpaired) electrons. The van der Waals surface area contributed by atoms with Crippen LogP contribution in [-0.2, 0) is 0 Å². The molecule has 0 heterocycles. The van der Waals surface area contributed by atoms with Gasteiger partial charge in [0, 0.05) is 12.5 Å². The maximum Gasteiger partial charge on any atom is 0.389 e. The Morgan fingerprint density at radius 2 is 1.82 bits per heavy atom. The minimum atomic E-state index is -4.22. The van der Waals surface area contributed by atoms with Crippen LogP contribution >= 0.6 is 0 Å². The van der Waals surface area contributed by atoms with Gasteiger partial charge >= 0.3 is 12.1 Å². The third-order valence-electron chi connectivity index (χ3n) is 2.32. The highest BCUT2D eigenvalue weighted by atomic mass is 19.4. The zero-order valence-corrected chi connectivity index (χ0v) is 8.87. The normalized spacial score (nSPS) is 13.4. The molecule has 0 amide bonds. The zero-order chi connectivity index (χ0) is 13.1. The Morgan fingerprint density at radius 1 is 1.29 bits per heavy atom. The molecule has 0 spiro atoms. The van der Waals surface area contributed by atoms with Crippen molar-refractivity contribution in [1.82, 2.24) is 0 Å². The molecule has 0 aliphatic carbocycles. The van der Waals surface area contributed by atoms with Crippen molar-refractivity contribution in [3.05, 3.63) is 35.4 Å². The van der Waals surface area contributed by atoms with Gasteiger partial charge in [-0.15, -0.1) is 0 Å². The summed E-state index contributed by atoms with van der Waals surface area (Å²) >= 11 is 0. The van der Waals surface area contributed by atoms with Crippen molar-refractivity contribution in [1.29, 1.82) is 0 Å². The van der Waals surface area contributed by atoms with Crippen molar-refractivity contribution < 1.29 is 23.1 Å². The van der Waals surface area contributed by atoms with Gasteiger partial charge in [-0.2, -0.15) is 13.2 Å². The van der Waals surface area contributed by atoms with Crippen molar-refractivity contribution >= 4 is 5.97 Å². The smallest absolute Gasteiger partial charge is 0.389 e. The Labute approximate surface area is 96.0 Å². The van der Waals surface area contributed by atoms with Gasteiger partial charge in [-0.05, 0) is 24.1 Å². The number of nitrogens with two attached hydrogens (primary N) is 1. The summed E-state index contributed by atoms with van der Waals surface area (Å²) in [6, 6.07) is 4.78. The van der Waals surface area contributed by atoms with Crippen LogP contribution in [0, 0.1) is 0 Å². The van der Waals surface area contributed by atoms with Crippen LogP contribution in [0.15, 0.2) is 24.3 Å². The Bertz CT molecular complexity index is 387. The van der Waals surface area contributed by atoms with Crippen LogP contribution in [0.25, 0.3) is 0 Å². The summed E-state index contributed by atoms with van der Waals surface area (Å²) < 4.78 is 35.9. The van der Waals surface area contributed by atoms with Crippen molar-refractivity contribution in [2.75, 3.05) is 0 Å². The van der Waals surface area contributed by atoms with Crippen molar-refractivity contribution in [3.8, 4) is 0 Å². The van der Waals surface area contributed by atoms with E-state index in [2.05, 4.69) is 0 Å². The van der Waals surface area contributed by atoms with Gasteiger partial charge in [-0.25, -0.2) is 4.79 Å². The van der Waals surface area contributed by atoms with Crippen molar-refractivity contribution in [2.45, 2.75) is 25.1 Å². The second-order valence-corrected chi connectivity index (χ2v) is 3.69. The predicted molar refractivity (Wildman–Crippen MR) is 55.6 cm³/mol. The van der Waals surface area contributed by atoms with Gasteiger partial charge < -0.3 is 10.8 Å². The Balaban J connectivity index is 2.63. The summed E-state index contributed by atoms with van der Waals surface area (Å²) in [6.07, 6.45) is -5.39. The first-order valence-electron chi connectivity index (χ1n) is 4.95. The number of hydrogen-bond donors (Lipinski definition) is 2. The van der Waals surface area contributed by atoms with Gasteiger partial charge in [0.25, 0.3) is 0 Å². The van der Waals surface area contributed by atoms with Gasteiger partial charge in [-0.1, -0.05) is 12.1 Å². The fraction of sp³-hybridized carbons (Fsp3) is 0.364. The lowest BCUT2D eigenvalue weighted by atomic mass is 10.0. The standard InChI is InChI=1S/C11H12F3NO2/c12-11(13,14)6-5-9(15)7-1-3-8(4-2-7)10(16)17/h1-4,9H,5-6,15H2,(H,16,17)/t9-/m1/s1. The summed E-state index contributed by atoms with van der Waals surface area (Å²) in [7, 11) is 0. The highest BCUT2D eigenvalue weighted by molar-refractivity contribution is 5.87. The molecule has 0 aromatic heterocycles. The Hall–Kier alpha value is -1.56. The summed E-state index contributed by atoms with van der Waals surface area (Å²) in [5.41, 5.74) is 6.16. The Kier molecular flexibility index (Phi) is 4.11. The third kappa shape index (κ3) is 4.44. The maximum atomic E-state index is 12.0. The van der Waals surface area contributed by atoms with E-state index in [1.165, 1.54) is 24.3 Å². The van der Waals surface area contributed by atoms with Crippen LogP contribution in [0.2, 0.25) is 0 Å². The maximum absolute atomic E-state index is 12.0. The second-order valence-electron chi connectivity index (χ2n) is 3.69. The topological polar surface area (TPSA) is 63.3 Å². The first kappa shape index (κ1) is 13.5. The largest absolute Gasteiger partial charge is 0.478 e. The summed E-state index contributed by atoms with van der Waals surface area (Å²) in [6.45, 7) is 0. The van der Waals surface area contributed by atoms with E-state index in [1.54, 1.807) is 0 Å². The number of carboxylic acids is 1. The fourth-order valence-corrected chi connectivity index (χ4v) is 1.36. The lowest BCUT2D eigenvalue weighted by Gasteiger charge is -2.13. The molecule has 1 atom stereocenters. The van der Waals surface area contributed by atoms with Crippen LogP contribution in [0.3, 0.4) is 0 Å². The number of carbonyl (C=O) groups is 1. The number of rotatable bonds is 4. The lowest BCUT2D eigenvalue weighted by molar-refractivity contribution is -0.136. The van der Waals surface area contributed by atoms with Crippen LogP contribution in [0.5, 0.6) is 0 Å². The van der Waals surface area contributed by atoms with Gasteiger partial charge in [0.1, 0.15) is 0 Å². The Morgan fingerprint density at radius 3 is 2.24 bits per heavy atom. The molecular formula is C11H12F3NO2. The molecule has 94 valence electrons. The molecule has 6 heteroatoms. The third-order valence-corrected chi connectivity index (χ3v) is 2.32. The number of alkyl halides is 3. The number of halogens is 3. The molecule has 0 saturated carbocycles. The fourth-order valence-electron chi connectivity index (χ4n) is 1.36. The number of benzene rings is 1. The van der Waals surface area contributed by atoms with Crippen molar-refractivity contribution in [2.24, 2.45) is 5.73 Å². The lowest BCUT2D eigenvalue weighted by Crippen LogP contribution is -2.15. The highest BCUT2D eigenvalue weighted by Crippen LogP contribution is 2.26. The second kappa shape index (κ2) is 5.18. The zero-order valence-electron chi connectivity index (χ0n) is 8.87. The molecule has 1 aromatic rings. The number of aromatic carboxylic acids is 1. The van der Waals surface area contributed by atoms with Crippen molar-refractivity contribution in [3.63, 3.8) is 0 Å². The van der Waals surface area contributed by atoms with Crippen LogP contribution in [-0.4, -0.2) is 17.3 Å². The average Bonchev–Trinajstić information content (AvgIpc) is 2.25. The van der Waals surface area contributed by atoms with E-state index in [9.17, 15) is 18.0 Å². The molecule has 0 aliphatic rings. The molecule has 17 heavy (non-hydrogen) atoms. The van der Waals surface area contributed by atoms with E-state index in [0.29, 0.717) is 5.56 Å². The monoisotopic (exact) mass is 247 g/mol. The van der Waals surface area contributed by atoms with E-state index in [0.717, 1.165) is 0 Å². The molecule has 3 nitrogen and oxygen atoms in total. The molecule has 0 unspecified atom stereocenters. The highest BCUT2D eigenvalue weighted by Gasteiger charge is 2.27. The summed E-state index contributed by atoms with van der Waals surface area (Å²) in [4.78, 5) is 10.6. The van der Waals surface area contributed by atoms with Crippen LogP contribution in [0.1, 0.15) is 34.8 Å². The minimum absolute atomic E-state index is 0.0803. The molecule has 0 saturated heterocycles. The SMILES string of the molecule is N[C@H](CCC(F)(F)F)c1ccc(C(=O)O)cc1. The van der Waals surface area contributed by atoms with E-state index >= 15 is 0 Å². The van der Waals surface area contributed by atoms with Gasteiger partial charge in [0.05, 0.1) is 5.56 Å². The van der Waals surface area contributed by atoms with E-state index in [4.69, 9.17) is 10.8 Å². The summed E-state index contributed by atoms with van der Waals surface area (Å²) in [5.74, 6) is -1.08. The number of carboxylic acid groups (broad SMARTS) is 1. The van der Waals surface area contributed by atoms with E-state index in [1.807, 2.05) is 0 Å². The summed E-state index contributed by atoms with van der Waals surface area (Å²) in [5, 5.41) is 8.64. The van der Waals surface area contributed by atoms with Crippen LogP contribution < -0.4 is 5.73 Å². The minimum Gasteiger partial charge on any atom is -0.478 e. The van der Waals surface area contributed by atoms with Gasteiger partial charge in [0.2, 0.25) is 0 Å². The van der Waals surface area contributed by atoms with E-state index < -0.39 is 24.6 Å². The van der Waals surface area contributed by atoms with Gasteiger partial charge in [-0.3, -0.25) is 0 Å². The average molecular weight is 247 g/mol. The molecule has 1 aromatic carbocycles. The molecule has 0 bridgehead atoms. The first-order chi connectivity index (χ1) is 7.79. The van der Waals surface area contributed by atoms with Gasteiger partial charge in [0.15, 0.2) is 0 Å². The molecule has 1 rings (SSSR count). The van der Waals surface area contributed by atoms with E-state index in [-0.39, 0.29) is 12.0 Å². The molecule has 3 N–H and O–H groups in total. The number of hydrogen-bond acceptors (Lipinski definition) is 2. The molecule has 0 fully saturated rings. The first-order valence-corrected chi connectivity index (χ1v) is 4.95. The molecule has 0 aliphatic heterocycles. The predicted octanol–water partition coefficient (Wildman–Crippen LogP) is 2.73. The molecular weight excluding hydrogens is 235 g/mol.